The Morgan fingerprint density at radius 2 is 2.07 bits per heavy atom. The highest BCUT2D eigenvalue weighted by Crippen LogP contribution is 2.24. The van der Waals surface area contributed by atoms with Crippen molar-refractivity contribution in [3.05, 3.63) is 29.6 Å². The Hall–Kier alpha value is -1.13. The van der Waals surface area contributed by atoms with Crippen LogP contribution in [0, 0.1) is 5.82 Å². The van der Waals surface area contributed by atoms with Crippen molar-refractivity contribution in [3.8, 4) is 5.75 Å². The molecular weight excluding hydrogens is 197 g/mol. The number of aliphatic hydroxyl groups is 1. The first-order valence-electron chi connectivity index (χ1n) is 4.90. The molecule has 0 saturated carbocycles. The topological polar surface area (TPSA) is 52.5 Å². The smallest absolute Gasteiger partial charge is 0.123 e. The molecule has 3 N–H and O–H groups in total. The number of hydrogen-bond donors (Lipinski definition) is 3. The van der Waals surface area contributed by atoms with Gasteiger partial charge in [0.25, 0.3) is 0 Å². The summed E-state index contributed by atoms with van der Waals surface area (Å²) in [7, 11) is 0. The molecule has 1 unspecified atom stereocenters. The minimum atomic E-state index is -0.381. The van der Waals surface area contributed by atoms with E-state index in [2.05, 4.69) is 5.32 Å². The number of rotatable bonds is 4. The fraction of sp³-hybridized carbons (Fsp3) is 0.455. The van der Waals surface area contributed by atoms with Gasteiger partial charge in [-0.2, -0.15) is 0 Å². The first-order valence-corrected chi connectivity index (χ1v) is 4.90. The van der Waals surface area contributed by atoms with Crippen molar-refractivity contribution in [2.24, 2.45) is 0 Å². The van der Waals surface area contributed by atoms with Crippen LogP contribution in [0.1, 0.15) is 25.5 Å². The normalized spacial score (nSPS) is 14.9. The summed E-state index contributed by atoms with van der Waals surface area (Å²) < 4.78 is 12.9. The van der Waals surface area contributed by atoms with Crippen LogP contribution >= 0.6 is 0 Å². The van der Waals surface area contributed by atoms with E-state index in [9.17, 15) is 9.50 Å². The molecule has 15 heavy (non-hydrogen) atoms. The van der Waals surface area contributed by atoms with Crippen LogP contribution in [-0.4, -0.2) is 22.9 Å². The van der Waals surface area contributed by atoms with Crippen molar-refractivity contribution in [2.75, 3.05) is 6.61 Å². The molecule has 1 rings (SSSR count). The van der Waals surface area contributed by atoms with Crippen molar-refractivity contribution >= 4 is 0 Å². The highest BCUT2D eigenvalue weighted by atomic mass is 19.1. The van der Waals surface area contributed by atoms with Crippen LogP contribution in [0.2, 0.25) is 0 Å². The molecule has 0 bridgehead atoms. The highest BCUT2D eigenvalue weighted by Gasteiger charge is 2.13. The lowest BCUT2D eigenvalue weighted by Crippen LogP contribution is -2.31. The Morgan fingerprint density at radius 1 is 1.40 bits per heavy atom. The van der Waals surface area contributed by atoms with E-state index in [1.807, 2.05) is 6.92 Å². The third-order valence-electron chi connectivity index (χ3n) is 2.26. The summed E-state index contributed by atoms with van der Waals surface area (Å²) in [6.07, 6.45) is 0. The lowest BCUT2D eigenvalue weighted by atomic mass is 10.1. The van der Waals surface area contributed by atoms with Crippen LogP contribution in [0.4, 0.5) is 4.39 Å². The van der Waals surface area contributed by atoms with Gasteiger partial charge in [-0.1, -0.05) is 0 Å². The van der Waals surface area contributed by atoms with Crippen molar-refractivity contribution < 1.29 is 14.6 Å². The zero-order valence-electron chi connectivity index (χ0n) is 8.87. The maximum Gasteiger partial charge on any atom is 0.123 e. The Balaban J connectivity index is 2.80. The van der Waals surface area contributed by atoms with Gasteiger partial charge in [0.1, 0.15) is 11.6 Å². The molecule has 0 heterocycles. The number of nitrogens with one attached hydrogen (secondary N) is 1. The van der Waals surface area contributed by atoms with Crippen LogP contribution in [0.5, 0.6) is 5.75 Å². The fourth-order valence-corrected chi connectivity index (χ4v) is 1.44. The molecular formula is C11H16FNO2. The van der Waals surface area contributed by atoms with E-state index in [4.69, 9.17) is 5.11 Å². The molecule has 0 radical (unpaired) electrons. The van der Waals surface area contributed by atoms with Gasteiger partial charge in [0.05, 0.1) is 6.61 Å². The molecule has 1 aromatic carbocycles. The second-order valence-electron chi connectivity index (χ2n) is 3.68. The summed E-state index contributed by atoms with van der Waals surface area (Å²) in [6, 6.07) is 3.52. The number of aliphatic hydroxyl groups excluding tert-OH is 1. The Bertz CT molecular complexity index is 330. The number of aromatic hydroxyl groups is 1. The van der Waals surface area contributed by atoms with Crippen LogP contribution in [0.3, 0.4) is 0 Å². The highest BCUT2D eigenvalue weighted by molar-refractivity contribution is 5.34. The zero-order chi connectivity index (χ0) is 11.4. The second-order valence-corrected chi connectivity index (χ2v) is 3.68. The lowest BCUT2D eigenvalue weighted by molar-refractivity contribution is 0.242. The summed E-state index contributed by atoms with van der Waals surface area (Å²) in [5, 5.41) is 21.4. The van der Waals surface area contributed by atoms with E-state index >= 15 is 0 Å². The van der Waals surface area contributed by atoms with E-state index in [0.717, 1.165) is 0 Å². The maximum absolute atomic E-state index is 12.9. The molecule has 0 amide bonds. The Labute approximate surface area is 88.6 Å². The van der Waals surface area contributed by atoms with E-state index in [0.29, 0.717) is 5.56 Å². The molecule has 0 fully saturated rings. The van der Waals surface area contributed by atoms with E-state index in [1.54, 1.807) is 6.92 Å². The molecule has 4 heteroatoms. The quantitative estimate of drug-likeness (QED) is 0.711. The number of phenols is 1. The van der Waals surface area contributed by atoms with Gasteiger partial charge in [0.2, 0.25) is 0 Å². The Kier molecular flexibility index (Phi) is 4.05. The van der Waals surface area contributed by atoms with Gasteiger partial charge in [0.15, 0.2) is 0 Å². The van der Waals surface area contributed by atoms with Gasteiger partial charge in [-0.15, -0.1) is 0 Å². The summed E-state index contributed by atoms with van der Waals surface area (Å²) in [5.41, 5.74) is 0.496. The third kappa shape index (κ3) is 3.18. The first-order chi connectivity index (χ1) is 7.04. The molecule has 84 valence electrons. The van der Waals surface area contributed by atoms with Crippen LogP contribution in [0.25, 0.3) is 0 Å². The Morgan fingerprint density at radius 3 is 2.67 bits per heavy atom. The van der Waals surface area contributed by atoms with Crippen molar-refractivity contribution in [1.82, 2.24) is 5.32 Å². The summed E-state index contributed by atoms with van der Waals surface area (Å²) in [4.78, 5) is 0. The summed E-state index contributed by atoms with van der Waals surface area (Å²) in [5.74, 6) is -0.324. The predicted octanol–water partition coefficient (Wildman–Crippen LogP) is 1.56. The summed E-state index contributed by atoms with van der Waals surface area (Å²) >= 11 is 0. The van der Waals surface area contributed by atoms with Gasteiger partial charge in [-0.25, -0.2) is 4.39 Å². The van der Waals surface area contributed by atoms with E-state index in [1.165, 1.54) is 18.2 Å². The minimum absolute atomic E-state index is 0.000414. The SMILES string of the molecule is CC(N[C@H](C)CO)c1cc(F)ccc1O. The fourth-order valence-electron chi connectivity index (χ4n) is 1.44. The number of halogens is 1. The number of hydrogen-bond acceptors (Lipinski definition) is 3. The molecule has 0 aliphatic rings. The largest absolute Gasteiger partial charge is 0.508 e. The molecule has 0 aliphatic carbocycles. The van der Waals surface area contributed by atoms with Crippen LogP contribution < -0.4 is 5.32 Å². The average Bonchev–Trinajstić information content (AvgIpc) is 2.21. The molecule has 1 aromatic rings. The molecule has 0 saturated heterocycles. The standard InChI is InChI=1S/C11H16FNO2/c1-7(6-14)13-8(2)10-5-9(12)3-4-11(10)15/h3-5,7-8,13-15H,6H2,1-2H3/t7-,8?/m1/s1. The monoisotopic (exact) mass is 213 g/mol. The van der Waals surface area contributed by atoms with Crippen LogP contribution in [-0.2, 0) is 0 Å². The molecule has 0 aliphatic heterocycles. The predicted molar refractivity (Wildman–Crippen MR) is 56.2 cm³/mol. The van der Waals surface area contributed by atoms with Gasteiger partial charge in [0, 0.05) is 17.6 Å². The molecule has 0 spiro atoms. The molecule has 3 nitrogen and oxygen atoms in total. The third-order valence-corrected chi connectivity index (χ3v) is 2.26. The lowest BCUT2D eigenvalue weighted by Gasteiger charge is -2.19. The molecule has 2 atom stereocenters. The van der Waals surface area contributed by atoms with E-state index in [-0.39, 0.29) is 30.3 Å². The van der Waals surface area contributed by atoms with Gasteiger partial charge in [-0.3, -0.25) is 0 Å². The number of phenolic OH excluding ortho intramolecular Hbond substituents is 1. The zero-order valence-corrected chi connectivity index (χ0v) is 8.87. The second kappa shape index (κ2) is 5.09. The van der Waals surface area contributed by atoms with E-state index < -0.39 is 0 Å². The van der Waals surface area contributed by atoms with Gasteiger partial charge in [-0.05, 0) is 32.0 Å². The maximum atomic E-state index is 12.9. The average molecular weight is 213 g/mol. The number of benzene rings is 1. The minimum Gasteiger partial charge on any atom is -0.508 e. The van der Waals surface area contributed by atoms with Gasteiger partial charge < -0.3 is 15.5 Å². The summed E-state index contributed by atoms with van der Waals surface area (Å²) in [6.45, 7) is 3.62. The van der Waals surface area contributed by atoms with Crippen molar-refractivity contribution in [1.29, 1.82) is 0 Å². The first kappa shape index (κ1) is 11.9. The van der Waals surface area contributed by atoms with Crippen LogP contribution in [0.15, 0.2) is 18.2 Å². The van der Waals surface area contributed by atoms with Crippen molar-refractivity contribution in [2.45, 2.75) is 25.9 Å². The molecule has 0 aromatic heterocycles. The van der Waals surface area contributed by atoms with Crippen molar-refractivity contribution in [3.63, 3.8) is 0 Å². The van der Waals surface area contributed by atoms with Gasteiger partial charge >= 0.3 is 0 Å².